The number of amides is 1. The second kappa shape index (κ2) is 6.66. The number of carbonyl (C=O) groups excluding carboxylic acids is 1. The van der Waals surface area contributed by atoms with E-state index in [0.29, 0.717) is 12.1 Å². The molecule has 1 heterocycles. The predicted molar refractivity (Wildman–Crippen MR) is 90.6 cm³/mol. The fourth-order valence-corrected chi connectivity index (χ4v) is 2.53. The minimum atomic E-state index is -0.291. The van der Waals surface area contributed by atoms with Crippen molar-refractivity contribution >= 4 is 5.91 Å². The van der Waals surface area contributed by atoms with Crippen LogP contribution in [0.4, 0.5) is 4.39 Å². The number of nitrogens with one attached hydrogen (secondary N) is 1. The first-order valence-electron chi connectivity index (χ1n) is 7.69. The maximum atomic E-state index is 12.9. The van der Waals surface area contributed by atoms with Gasteiger partial charge >= 0.3 is 0 Å². The molecule has 0 saturated carbocycles. The van der Waals surface area contributed by atoms with Crippen LogP contribution in [0.1, 0.15) is 27.2 Å². The quantitative estimate of drug-likeness (QED) is 0.798. The molecule has 24 heavy (non-hydrogen) atoms. The Morgan fingerprint density at radius 2 is 1.92 bits per heavy atom. The molecule has 0 aliphatic carbocycles. The van der Waals surface area contributed by atoms with Crippen LogP contribution in [0, 0.1) is 19.7 Å². The van der Waals surface area contributed by atoms with Gasteiger partial charge in [0.05, 0.1) is 23.1 Å². The Morgan fingerprint density at radius 1 is 1.17 bits per heavy atom. The number of carbonyl (C=O) groups is 1. The number of benzene rings is 2. The zero-order valence-electron chi connectivity index (χ0n) is 13.6. The fraction of sp³-hybridized carbons (Fsp3) is 0.158. The lowest BCUT2D eigenvalue weighted by Crippen LogP contribution is -2.23. The maximum Gasteiger partial charge on any atom is 0.255 e. The van der Waals surface area contributed by atoms with Gasteiger partial charge < -0.3 is 5.32 Å². The van der Waals surface area contributed by atoms with Crippen molar-refractivity contribution in [3.05, 3.63) is 82.9 Å². The Bertz CT molecular complexity index is 869. The monoisotopic (exact) mass is 323 g/mol. The summed E-state index contributed by atoms with van der Waals surface area (Å²) in [5, 5.41) is 7.16. The van der Waals surface area contributed by atoms with Crippen LogP contribution in [0.5, 0.6) is 0 Å². The van der Waals surface area contributed by atoms with Crippen LogP contribution >= 0.6 is 0 Å². The largest absolute Gasteiger partial charge is 0.348 e. The number of aromatic nitrogens is 2. The summed E-state index contributed by atoms with van der Waals surface area (Å²) >= 11 is 0. The van der Waals surface area contributed by atoms with Gasteiger partial charge in [0.1, 0.15) is 5.82 Å². The van der Waals surface area contributed by atoms with Crippen molar-refractivity contribution in [2.24, 2.45) is 0 Å². The molecule has 3 aromatic rings. The summed E-state index contributed by atoms with van der Waals surface area (Å²) in [7, 11) is 0. The molecule has 122 valence electrons. The highest BCUT2D eigenvalue weighted by molar-refractivity contribution is 5.95. The van der Waals surface area contributed by atoms with Gasteiger partial charge in [-0.15, -0.1) is 0 Å². The van der Waals surface area contributed by atoms with Crippen molar-refractivity contribution in [2.45, 2.75) is 20.4 Å². The van der Waals surface area contributed by atoms with Gasteiger partial charge in [0.15, 0.2) is 0 Å². The van der Waals surface area contributed by atoms with Crippen molar-refractivity contribution in [1.82, 2.24) is 15.1 Å². The summed E-state index contributed by atoms with van der Waals surface area (Å²) in [4.78, 5) is 12.4. The van der Waals surface area contributed by atoms with Crippen molar-refractivity contribution in [1.29, 1.82) is 0 Å². The third kappa shape index (κ3) is 3.35. The summed E-state index contributed by atoms with van der Waals surface area (Å²) in [6, 6.07) is 14.0. The SMILES string of the molecule is Cc1cccc(-n2ncc(C(=O)NCc3ccc(F)cc3)c2C)c1. The molecule has 0 saturated heterocycles. The van der Waals surface area contributed by atoms with Crippen LogP contribution in [0.3, 0.4) is 0 Å². The van der Waals surface area contributed by atoms with Gasteiger partial charge in [-0.05, 0) is 49.2 Å². The molecule has 0 spiro atoms. The Hall–Kier alpha value is -2.95. The third-order valence-electron chi connectivity index (χ3n) is 3.87. The van der Waals surface area contributed by atoms with Gasteiger partial charge in [0.2, 0.25) is 0 Å². The molecule has 2 aromatic carbocycles. The number of aryl methyl sites for hydroxylation is 1. The molecule has 3 rings (SSSR count). The summed E-state index contributed by atoms with van der Waals surface area (Å²) in [5.41, 5.74) is 4.19. The van der Waals surface area contributed by atoms with E-state index in [4.69, 9.17) is 0 Å². The van der Waals surface area contributed by atoms with Crippen LogP contribution in [0.25, 0.3) is 5.69 Å². The highest BCUT2D eigenvalue weighted by Gasteiger charge is 2.15. The highest BCUT2D eigenvalue weighted by atomic mass is 19.1. The molecule has 0 aliphatic rings. The Labute approximate surface area is 139 Å². The number of hydrogen-bond acceptors (Lipinski definition) is 2. The molecule has 0 aliphatic heterocycles. The molecule has 0 radical (unpaired) electrons. The molecule has 1 amide bonds. The zero-order chi connectivity index (χ0) is 17.1. The summed E-state index contributed by atoms with van der Waals surface area (Å²) in [6.07, 6.45) is 1.57. The zero-order valence-corrected chi connectivity index (χ0v) is 13.6. The lowest BCUT2D eigenvalue weighted by Gasteiger charge is -2.07. The second-order valence-corrected chi connectivity index (χ2v) is 5.70. The van der Waals surface area contributed by atoms with Gasteiger partial charge in [-0.1, -0.05) is 24.3 Å². The minimum absolute atomic E-state index is 0.198. The molecular weight excluding hydrogens is 305 g/mol. The van der Waals surface area contributed by atoms with Gasteiger partial charge in [-0.2, -0.15) is 5.10 Å². The van der Waals surface area contributed by atoms with Crippen LogP contribution in [0.15, 0.2) is 54.7 Å². The molecule has 1 aromatic heterocycles. The number of hydrogen-bond donors (Lipinski definition) is 1. The maximum absolute atomic E-state index is 12.9. The van der Waals surface area contributed by atoms with E-state index in [9.17, 15) is 9.18 Å². The van der Waals surface area contributed by atoms with Gasteiger partial charge in [-0.3, -0.25) is 4.79 Å². The summed E-state index contributed by atoms with van der Waals surface area (Å²) in [5.74, 6) is -0.490. The lowest BCUT2D eigenvalue weighted by atomic mass is 10.2. The van der Waals surface area contributed by atoms with Crippen molar-refractivity contribution in [2.75, 3.05) is 0 Å². The van der Waals surface area contributed by atoms with E-state index in [1.165, 1.54) is 12.1 Å². The minimum Gasteiger partial charge on any atom is -0.348 e. The lowest BCUT2D eigenvalue weighted by molar-refractivity contribution is 0.0950. The first kappa shape index (κ1) is 15.9. The number of nitrogens with zero attached hydrogens (tertiary/aromatic N) is 2. The predicted octanol–water partition coefficient (Wildman–Crippen LogP) is 3.56. The standard InChI is InChI=1S/C19H18FN3O/c1-13-4-3-5-17(10-13)23-14(2)18(12-22-23)19(24)21-11-15-6-8-16(20)9-7-15/h3-10,12H,11H2,1-2H3,(H,21,24). The number of halogens is 1. The average Bonchev–Trinajstić information content (AvgIpc) is 2.96. The molecule has 0 atom stereocenters. The molecular formula is C19H18FN3O. The van der Waals surface area contributed by atoms with E-state index in [1.807, 2.05) is 38.1 Å². The van der Waals surface area contributed by atoms with Crippen molar-refractivity contribution in [3.8, 4) is 5.69 Å². The second-order valence-electron chi connectivity index (χ2n) is 5.70. The van der Waals surface area contributed by atoms with Crippen LogP contribution in [-0.2, 0) is 6.54 Å². The molecule has 5 heteroatoms. The van der Waals surface area contributed by atoms with E-state index in [0.717, 1.165) is 22.5 Å². The van der Waals surface area contributed by atoms with E-state index in [2.05, 4.69) is 10.4 Å². The molecule has 0 bridgehead atoms. The Balaban J connectivity index is 1.75. The van der Waals surface area contributed by atoms with Gasteiger partial charge in [0.25, 0.3) is 5.91 Å². The first-order chi connectivity index (χ1) is 11.5. The normalized spacial score (nSPS) is 10.6. The van der Waals surface area contributed by atoms with E-state index < -0.39 is 0 Å². The Morgan fingerprint density at radius 3 is 2.62 bits per heavy atom. The summed E-state index contributed by atoms with van der Waals surface area (Å²) in [6.45, 7) is 4.22. The first-order valence-corrected chi connectivity index (χ1v) is 7.69. The molecule has 1 N–H and O–H groups in total. The number of rotatable bonds is 4. The average molecular weight is 323 g/mol. The smallest absolute Gasteiger partial charge is 0.255 e. The molecule has 0 fully saturated rings. The van der Waals surface area contributed by atoms with E-state index in [-0.39, 0.29) is 11.7 Å². The van der Waals surface area contributed by atoms with E-state index >= 15 is 0 Å². The topological polar surface area (TPSA) is 46.9 Å². The highest BCUT2D eigenvalue weighted by Crippen LogP contribution is 2.15. The Kier molecular flexibility index (Phi) is 4.42. The van der Waals surface area contributed by atoms with Crippen LogP contribution in [-0.4, -0.2) is 15.7 Å². The van der Waals surface area contributed by atoms with Crippen molar-refractivity contribution in [3.63, 3.8) is 0 Å². The van der Waals surface area contributed by atoms with Crippen LogP contribution < -0.4 is 5.32 Å². The van der Waals surface area contributed by atoms with Gasteiger partial charge in [-0.25, -0.2) is 9.07 Å². The molecule has 0 unspecified atom stereocenters. The fourth-order valence-electron chi connectivity index (χ4n) is 2.53. The van der Waals surface area contributed by atoms with Crippen LogP contribution in [0.2, 0.25) is 0 Å². The molecule has 4 nitrogen and oxygen atoms in total. The van der Waals surface area contributed by atoms with Gasteiger partial charge in [0, 0.05) is 6.54 Å². The third-order valence-corrected chi connectivity index (χ3v) is 3.87. The van der Waals surface area contributed by atoms with E-state index in [1.54, 1.807) is 23.0 Å². The summed E-state index contributed by atoms with van der Waals surface area (Å²) < 4.78 is 14.6. The van der Waals surface area contributed by atoms with Crippen molar-refractivity contribution < 1.29 is 9.18 Å².